The van der Waals surface area contributed by atoms with Gasteiger partial charge < -0.3 is 5.11 Å². The number of non-ortho nitro benzene ring substituents is 1. The quantitative estimate of drug-likeness (QED) is 0.437. The smallest absolute Gasteiger partial charge is 0.270 e. The van der Waals surface area contributed by atoms with E-state index in [0.717, 1.165) is 10.2 Å². The third-order valence-electron chi connectivity index (χ3n) is 2.88. The summed E-state index contributed by atoms with van der Waals surface area (Å²) in [7, 11) is 0. The first-order valence-corrected chi connectivity index (χ1v) is 7.07. The number of aromatic hydroxyl groups is 1. The molecule has 0 amide bonds. The number of aromatic nitrogens is 1. The summed E-state index contributed by atoms with van der Waals surface area (Å²) in [6.45, 7) is 0. The molecule has 3 rings (SSSR count). The minimum absolute atomic E-state index is 0.0829. The summed E-state index contributed by atoms with van der Waals surface area (Å²) in [6.07, 6.45) is 1.31. The third kappa shape index (κ3) is 2.86. The minimum Gasteiger partial charge on any atom is -0.507 e. The lowest BCUT2D eigenvalue weighted by atomic mass is 10.2. The van der Waals surface area contributed by atoms with Gasteiger partial charge in [0.15, 0.2) is 0 Å². The standard InChI is InChI=1S/C14H10N4O3S/c19-12-6-5-10(18(20)21)7-9(12)8-15-17-14-16-11-3-1-2-4-13(11)22-14/h1-8,19H,(H,16,17)/b15-8-. The summed E-state index contributed by atoms with van der Waals surface area (Å²) in [4.78, 5) is 14.5. The number of benzene rings is 2. The van der Waals surface area contributed by atoms with Crippen molar-refractivity contribution in [2.45, 2.75) is 0 Å². The molecule has 0 saturated carbocycles. The van der Waals surface area contributed by atoms with Gasteiger partial charge in [-0.15, -0.1) is 0 Å². The molecule has 8 heteroatoms. The van der Waals surface area contributed by atoms with Crippen molar-refractivity contribution in [3.63, 3.8) is 0 Å². The van der Waals surface area contributed by atoms with Crippen molar-refractivity contribution in [3.05, 3.63) is 58.1 Å². The lowest BCUT2D eigenvalue weighted by molar-refractivity contribution is -0.384. The molecule has 2 N–H and O–H groups in total. The van der Waals surface area contributed by atoms with Crippen LogP contribution in [0.1, 0.15) is 5.56 Å². The second-order valence-electron chi connectivity index (χ2n) is 4.36. The minimum atomic E-state index is -0.530. The van der Waals surface area contributed by atoms with E-state index in [1.54, 1.807) is 0 Å². The number of rotatable bonds is 4. The molecular formula is C14H10N4O3S. The number of nitrogens with one attached hydrogen (secondary N) is 1. The average Bonchev–Trinajstić information content (AvgIpc) is 2.91. The van der Waals surface area contributed by atoms with Crippen LogP contribution in [0.2, 0.25) is 0 Å². The summed E-state index contributed by atoms with van der Waals surface area (Å²) in [5, 5.41) is 24.9. The Labute approximate surface area is 128 Å². The van der Waals surface area contributed by atoms with Crippen molar-refractivity contribution < 1.29 is 10.0 Å². The lowest BCUT2D eigenvalue weighted by Gasteiger charge is -1.98. The molecule has 110 valence electrons. The molecule has 0 aliphatic rings. The van der Waals surface area contributed by atoms with Crippen LogP contribution in [0, 0.1) is 10.1 Å². The molecule has 1 heterocycles. The van der Waals surface area contributed by atoms with Crippen LogP contribution in [0.15, 0.2) is 47.6 Å². The molecule has 0 saturated heterocycles. The summed E-state index contributed by atoms with van der Waals surface area (Å²) in [5.41, 5.74) is 3.76. The number of thiazole rings is 1. The average molecular weight is 314 g/mol. The van der Waals surface area contributed by atoms with Crippen LogP contribution in [-0.4, -0.2) is 21.2 Å². The topological polar surface area (TPSA) is 101 Å². The van der Waals surface area contributed by atoms with Gasteiger partial charge in [0.05, 0.1) is 21.4 Å². The van der Waals surface area contributed by atoms with E-state index in [2.05, 4.69) is 15.5 Å². The largest absolute Gasteiger partial charge is 0.507 e. The Hall–Kier alpha value is -3.00. The molecule has 0 fully saturated rings. The van der Waals surface area contributed by atoms with Crippen LogP contribution in [0.5, 0.6) is 5.75 Å². The van der Waals surface area contributed by atoms with Gasteiger partial charge >= 0.3 is 0 Å². The number of phenols is 1. The SMILES string of the molecule is O=[N+]([O-])c1ccc(O)c(/C=N\Nc2nc3ccccc3s2)c1. The van der Waals surface area contributed by atoms with Gasteiger partial charge in [-0.05, 0) is 18.2 Å². The van der Waals surface area contributed by atoms with E-state index in [1.165, 1.54) is 35.8 Å². The zero-order valence-corrected chi connectivity index (χ0v) is 11.9. The first-order chi connectivity index (χ1) is 10.6. The van der Waals surface area contributed by atoms with Crippen molar-refractivity contribution >= 4 is 38.6 Å². The van der Waals surface area contributed by atoms with Crippen LogP contribution >= 0.6 is 11.3 Å². The maximum Gasteiger partial charge on any atom is 0.270 e. The summed E-state index contributed by atoms with van der Waals surface area (Å²) in [5.74, 6) is -0.0829. The van der Waals surface area contributed by atoms with E-state index >= 15 is 0 Å². The maximum absolute atomic E-state index is 10.7. The molecule has 3 aromatic rings. The highest BCUT2D eigenvalue weighted by atomic mass is 32.1. The Morgan fingerprint density at radius 3 is 2.91 bits per heavy atom. The van der Waals surface area contributed by atoms with Gasteiger partial charge in [0.25, 0.3) is 5.69 Å². The highest BCUT2D eigenvalue weighted by Gasteiger charge is 2.08. The number of anilines is 1. The number of nitro groups is 1. The van der Waals surface area contributed by atoms with Crippen molar-refractivity contribution in [2.24, 2.45) is 5.10 Å². The van der Waals surface area contributed by atoms with Gasteiger partial charge in [0.2, 0.25) is 5.13 Å². The van der Waals surface area contributed by atoms with E-state index in [1.807, 2.05) is 24.3 Å². The van der Waals surface area contributed by atoms with Crippen molar-refractivity contribution in [1.82, 2.24) is 4.98 Å². The van der Waals surface area contributed by atoms with Gasteiger partial charge in [-0.2, -0.15) is 5.10 Å². The van der Waals surface area contributed by atoms with Crippen LogP contribution in [0.3, 0.4) is 0 Å². The predicted molar refractivity (Wildman–Crippen MR) is 85.6 cm³/mol. The second kappa shape index (κ2) is 5.78. The molecule has 0 aliphatic carbocycles. The Morgan fingerprint density at radius 1 is 1.32 bits per heavy atom. The normalized spacial score (nSPS) is 11.1. The van der Waals surface area contributed by atoms with Gasteiger partial charge in [-0.3, -0.25) is 15.5 Å². The summed E-state index contributed by atoms with van der Waals surface area (Å²) in [6, 6.07) is 11.4. The van der Waals surface area contributed by atoms with Crippen LogP contribution in [-0.2, 0) is 0 Å². The van der Waals surface area contributed by atoms with Gasteiger partial charge in [0.1, 0.15) is 5.75 Å². The zero-order valence-electron chi connectivity index (χ0n) is 11.1. The first-order valence-electron chi connectivity index (χ1n) is 6.25. The Balaban J connectivity index is 1.79. The van der Waals surface area contributed by atoms with E-state index in [-0.39, 0.29) is 17.0 Å². The van der Waals surface area contributed by atoms with E-state index in [4.69, 9.17) is 0 Å². The van der Waals surface area contributed by atoms with E-state index < -0.39 is 4.92 Å². The number of hydrogen-bond acceptors (Lipinski definition) is 7. The fraction of sp³-hybridized carbons (Fsp3) is 0. The predicted octanol–water partition coefficient (Wildman–Crippen LogP) is 3.36. The van der Waals surface area contributed by atoms with Crippen molar-refractivity contribution in [1.29, 1.82) is 0 Å². The molecule has 0 bridgehead atoms. The van der Waals surface area contributed by atoms with Gasteiger partial charge in [0, 0.05) is 17.7 Å². The van der Waals surface area contributed by atoms with Crippen molar-refractivity contribution in [3.8, 4) is 5.75 Å². The molecule has 2 aromatic carbocycles. The Kier molecular flexibility index (Phi) is 3.67. The molecule has 1 aromatic heterocycles. The highest BCUT2D eigenvalue weighted by Crippen LogP contribution is 2.25. The monoisotopic (exact) mass is 314 g/mol. The molecular weight excluding hydrogens is 304 g/mol. The lowest BCUT2D eigenvalue weighted by Crippen LogP contribution is -1.93. The fourth-order valence-corrected chi connectivity index (χ4v) is 2.65. The Bertz CT molecular complexity index is 842. The Morgan fingerprint density at radius 2 is 2.14 bits per heavy atom. The fourth-order valence-electron chi connectivity index (χ4n) is 1.84. The number of hydrogen-bond donors (Lipinski definition) is 2. The molecule has 22 heavy (non-hydrogen) atoms. The first kappa shape index (κ1) is 14.0. The number of phenolic OH excluding ortho intramolecular Hbond substituents is 1. The molecule has 0 radical (unpaired) electrons. The number of para-hydroxylation sites is 1. The molecule has 7 nitrogen and oxygen atoms in total. The van der Waals surface area contributed by atoms with E-state index in [0.29, 0.717) is 5.13 Å². The van der Waals surface area contributed by atoms with Gasteiger partial charge in [-0.1, -0.05) is 23.5 Å². The number of hydrazone groups is 1. The molecule has 0 atom stereocenters. The number of nitro benzene ring substituents is 1. The molecule has 0 unspecified atom stereocenters. The van der Waals surface area contributed by atoms with Crippen LogP contribution < -0.4 is 5.43 Å². The van der Waals surface area contributed by atoms with Crippen LogP contribution in [0.25, 0.3) is 10.2 Å². The number of fused-ring (bicyclic) bond motifs is 1. The van der Waals surface area contributed by atoms with E-state index in [9.17, 15) is 15.2 Å². The second-order valence-corrected chi connectivity index (χ2v) is 5.39. The molecule has 0 spiro atoms. The zero-order chi connectivity index (χ0) is 15.5. The maximum atomic E-state index is 10.7. The van der Waals surface area contributed by atoms with Crippen LogP contribution in [0.4, 0.5) is 10.8 Å². The third-order valence-corrected chi connectivity index (χ3v) is 3.82. The summed E-state index contributed by atoms with van der Waals surface area (Å²) >= 11 is 1.44. The number of nitrogens with zero attached hydrogens (tertiary/aromatic N) is 3. The van der Waals surface area contributed by atoms with Crippen molar-refractivity contribution in [2.75, 3.05) is 5.43 Å². The highest BCUT2D eigenvalue weighted by molar-refractivity contribution is 7.22. The summed E-state index contributed by atoms with van der Waals surface area (Å²) < 4.78 is 1.03. The molecule has 0 aliphatic heterocycles. The van der Waals surface area contributed by atoms with Gasteiger partial charge in [-0.25, -0.2) is 4.98 Å².